The topological polar surface area (TPSA) is 68.4 Å². The Morgan fingerprint density at radius 2 is 1.29 bits per heavy atom. The van der Waals surface area contributed by atoms with Gasteiger partial charge in [0.1, 0.15) is 0 Å². The number of hydrogen-bond donors (Lipinski definition) is 1. The van der Waals surface area contributed by atoms with Crippen LogP contribution < -0.4 is 0 Å². The Morgan fingerprint density at radius 1 is 0.710 bits per heavy atom. The Kier molecular flexibility index (Phi) is 5.34. The third-order valence-corrected chi connectivity index (χ3v) is 5.52. The van der Waals surface area contributed by atoms with Crippen LogP contribution in [0, 0.1) is 13.8 Å². The summed E-state index contributed by atoms with van der Waals surface area (Å²) < 4.78 is 9.61. The van der Waals surface area contributed by atoms with E-state index < -0.39 is 0 Å². The van der Waals surface area contributed by atoms with Crippen LogP contribution in [0.5, 0.6) is 0 Å². The predicted molar refractivity (Wildman–Crippen MR) is 121 cm³/mol. The first-order chi connectivity index (χ1) is 14.9. The van der Waals surface area contributed by atoms with E-state index in [2.05, 4.69) is 29.2 Å². The van der Waals surface area contributed by atoms with E-state index in [0.717, 1.165) is 44.4 Å². The number of fused-ring (bicyclic) bond motifs is 1. The van der Waals surface area contributed by atoms with Crippen molar-refractivity contribution >= 4 is 22.8 Å². The summed E-state index contributed by atoms with van der Waals surface area (Å²) in [4.78, 5) is 27.0. The lowest BCUT2D eigenvalue weighted by Crippen LogP contribution is -2.01. The summed E-state index contributed by atoms with van der Waals surface area (Å²) in [6, 6.07) is 19.5. The number of carbonyl (C=O) groups excluding carboxylic acids is 2. The van der Waals surface area contributed by atoms with E-state index in [1.165, 1.54) is 14.2 Å². The van der Waals surface area contributed by atoms with E-state index in [9.17, 15) is 9.59 Å². The molecule has 0 aliphatic carbocycles. The highest BCUT2D eigenvalue weighted by Gasteiger charge is 2.13. The van der Waals surface area contributed by atoms with E-state index in [1.54, 1.807) is 12.1 Å². The lowest BCUT2D eigenvalue weighted by molar-refractivity contribution is 0.0592. The van der Waals surface area contributed by atoms with Crippen LogP contribution in [0.3, 0.4) is 0 Å². The maximum atomic E-state index is 11.8. The minimum absolute atomic E-state index is 0.339. The maximum Gasteiger partial charge on any atom is 0.337 e. The zero-order valence-electron chi connectivity index (χ0n) is 17.9. The Labute approximate surface area is 180 Å². The highest BCUT2D eigenvalue weighted by atomic mass is 16.5. The normalized spacial score (nSPS) is 10.8. The van der Waals surface area contributed by atoms with E-state index in [-0.39, 0.29) is 11.9 Å². The molecule has 3 aromatic carbocycles. The number of carbonyl (C=O) groups is 2. The van der Waals surface area contributed by atoms with E-state index in [1.807, 2.05) is 38.1 Å². The van der Waals surface area contributed by atoms with Crippen LogP contribution in [-0.2, 0) is 9.47 Å². The lowest BCUT2D eigenvalue weighted by atomic mass is 9.97. The molecule has 4 rings (SSSR count). The van der Waals surface area contributed by atoms with Crippen molar-refractivity contribution in [3.8, 4) is 22.4 Å². The van der Waals surface area contributed by atoms with Crippen LogP contribution in [-0.4, -0.2) is 31.1 Å². The Morgan fingerprint density at radius 3 is 1.84 bits per heavy atom. The third-order valence-electron chi connectivity index (χ3n) is 5.52. The highest BCUT2D eigenvalue weighted by Crippen LogP contribution is 2.32. The Hall–Kier alpha value is -3.86. The lowest BCUT2D eigenvalue weighted by Gasteiger charge is -2.08. The van der Waals surface area contributed by atoms with Crippen LogP contribution in [0.4, 0.5) is 0 Å². The summed E-state index contributed by atoms with van der Waals surface area (Å²) >= 11 is 0. The van der Waals surface area contributed by atoms with Crippen LogP contribution in [0.2, 0.25) is 0 Å². The molecule has 0 unspecified atom stereocenters. The first-order valence-electron chi connectivity index (χ1n) is 9.92. The summed E-state index contributed by atoms with van der Waals surface area (Å²) in [7, 11) is 2.76. The number of aryl methyl sites for hydroxylation is 2. The smallest absolute Gasteiger partial charge is 0.337 e. The monoisotopic (exact) mass is 413 g/mol. The maximum absolute atomic E-state index is 11.8. The average molecular weight is 413 g/mol. The van der Waals surface area contributed by atoms with Gasteiger partial charge in [-0.15, -0.1) is 0 Å². The molecular weight excluding hydrogens is 390 g/mol. The first-order valence-corrected chi connectivity index (χ1v) is 9.92. The highest BCUT2D eigenvalue weighted by molar-refractivity contribution is 5.94. The van der Waals surface area contributed by atoms with Gasteiger partial charge in [-0.25, -0.2) is 9.59 Å². The summed E-state index contributed by atoms with van der Waals surface area (Å²) in [6.45, 7) is 3.96. The molecule has 4 aromatic rings. The number of H-pyrrole nitrogens is 1. The van der Waals surface area contributed by atoms with Crippen molar-refractivity contribution < 1.29 is 19.1 Å². The van der Waals surface area contributed by atoms with Crippen LogP contribution >= 0.6 is 0 Å². The fraction of sp³-hybridized carbons (Fsp3) is 0.154. The van der Waals surface area contributed by atoms with Crippen molar-refractivity contribution in [1.29, 1.82) is 0 Å². The molecular formula is C26H23NO4. The molecule has 0 aliphatic heterocycles. The van der Waals surface area contributed by atoms with Gasteiger partial charge in [-0.05, 0) is 78.6 Å². The van der Waals surface area contributed by atoms with Crippen molar-refractivity contribution in [3.63, 3.8) is 0 Å². The number of rotatable bonds is 4. The molecule has 156 valence electrons. The summed E-state index contributed by atoms with van der Waals surface area (Å²) in [5, 5.41) is 1.08. The molecule has 31 heavy (non-hydrogen) atoms. The van der Waals surface area contributed by atoms with Crippen LogP contribution in [0.15, 0.2) is 60.7 Å². The largest absolute Gasteiger partial charge is 0.465 e. The molecule has 5 heteroatoms. The number of ether oxygens (including phenoxy) is 2. The molecule has 1 heterocycles. The number of aromatic amines is 1. The quantitative estimate of drug-likeness (QED) is 0.436. The van der Waals surface area contributed by atoms with Gasteiger partial charge in [0.05, 0.1) is 25.3 Å². The van der Waals surface area contributed by atoms with Gasteiger partial charge in [0.15, 0.2) is 0 Å². The summed E-state index contributed by atoms with van der Waals surface area (Å²) in [5.74, 6) is -0.682. The summed E-state index contributed by atoms with van der Waals surface area (Å²) in [5.41, 5.74) is 8.26. The Balaban J connectivity index is 1.71. The molecule has 1 aromatic heterocycles. The molecule has 0 bridgehead atoms. The standard InChI is InChI=1S/C26H23NO4/c1-15-11-18(25(28)30-3)5-8-21(15)17-7-10-23-20(13-17)14-24(27-23)22-9-6-19(12-16(22)2)26(29)31-4/h5-14,27H,1-4H3. The number of methoxy groups -OCH3 is 2. The average Bonchev–Trinajstić information content (AvgIpc) is 3.20. The number of nitrogens with one attached hydrogen (secondary N) is 1. The molecule has 0 radical (unpaired) electrons. The number of hydrogen-bond acceptors (Lipinski definition) is 4. The molecule has 0 saturated heterocycles. The summed E-state index contributed by atoms with van der Waals surface area (Å²) in [6.07, 6.45) is 0. The molecule has 0 aliphatic rings. The van der Waals surface area contributed by atoms with Gasteiger partial charge in [-0.1, -0.05) is 18.2 Å². The molecule has 0 saturated carbocycles. The first kappa shape index (κ1) is 20.4. The zero-order chi connectivity index (χ0) is 22.1. The van der Waals surface area contributed by atoms with Crippen LogP contribution in [0.25, 0.3) is 33.3 Å². The zero-order valence-corrected chi connectivity index (χ0v) is 17.9. The fourth-order valence-electron chi connectivity index (χ4n) is 3.89. The van der Waals surface area contributed by atoms with Gasteiger partial charge in [-0.3, -0.25) is 0 Å². The molecule has 0 atom stereocenters. The van der Waals surface area contributed by atoms with E-state index in [0.29, 0.717) is 11.1 Å². The van der Waals surface area contributed by atoms with E-state index >= 15 is 0 Å². The SMILES string of the molecule is COC(=O)c1ccc(-c2ccc3[nH]c(-c4ccc(C(=O)OC)cc4C)cc3c2)c(C)c1. The van der Waals surface area contributed by atoms with Gasteiger partial charge in [-0.2, -0.15) is 0 Å². The van der Waals surface area contributed by atoms with Gasteiger partial charge < -0.3 is 14.5 Å². The second-order valence-electron chi connectivity index (χ2n) is 7.53. The van der Waals surface area contributed by atoms with Gasteiger partial charge in [0.25, 0.3) is 0 Å². The Bertz CT molecular complexity index is 1250. The van der Waals surface area contributed by atoms with Crippen molar-refractivity contribution in [1.82, 2.24) is 4.98 Å². The van der Waals surface area contributed by atoms with Crippen molar-refractivity contribution in [2.45, 2.75) is 13.8 Å². The van der Waals surface area contributed by atoms with Gasteiger partial charge in [0.2, 0.25) is 0 Å². The second-order valence-corrected chi connectivity index (χ2v) is 7.53. The minimum atomic E-state index is -0.343. The van der Waals surface area contributed by atoms with Gasteiger partial charge >= 0.3 is 11.9 Å². The number of esters is 2. The molecule has 1 N–H and O–H groups in total. The minimum Gasteiger partial charge on any atom is -0.465 e. The second kappa shape index (κ2) is 8.11. The van der Waals surface area contributed by atoms with Crippen molar-refractivity contribution in [2.24, 2.45) is 0 Å². The number of aromatic nitrogens is 1. The fourth-order valence-corrected chi connectivity index (χ4v) is 3.89. The van der Waals surface area contributed by atoms with Crippen LogP contribution in [0.1, 0.15) is 31.8 Å². The molecule has 0 spiro atoms. The van der Waals surface area contributed by atoms with Crippen molar-refractivity contribution in [3.05, 3.63) is 82.9 Å². The molecule has 0 amide bonds. The van der Waals surface area contributed by atoms with Gasteiger partial charge in [0, 0.05) is 22.2 Å². The number of benzene rings is 3. The third kappa shape index (κ3) is 3.82. The molecule has 5 nitrogen and oxygen atoms in total. The van der Waals surface area contributed by atoms with Crippen molar-refractivity contribution in [2.75, 3.05) is 14.2 Å². The predicted octanol–water partition coefficient (Wildman–Crippen LogP) is 5.69. The molecule has 0 fully saturated rings. The van der Waals surface area contributed by atoms with E-state index in [4.69, 9.17) is 9.47 Å².